The molecule has 106 valence electrons. The Morgan fingerprint density at radius 1 is 1.28 bits per heavy atom. The second-order valence-corrected chi connectivity index (χ2v) is 5.46. The summed E-state index contributed by atoms with van der Waals surface area (Å²) in [6.07, 6.45) is 2.01. The smallest absolute Gasteiger partial charge is 0.118 e. The fraction of sp³-hybridized carbons (Fsp3) is 1.00. The third kappa shape index (κ3) is 2.42. The van der Waals surface area contributed by atoms with E-state index in [1.165, 1.54) is 0 Å². The molecule has 2 fully saturated rings. The van der Waals surface area contributed by atoms with Crippen LogP contribution in [0.2, 0.25) is 0 Å². The normalized spacial score (nSPS) is 44.7. The van der Waals surface area contributed by atoms with Gasteiger partial charge in [0, 0.05) is 27.2 Å². The SMILES string of the molecule is COC[C@@]1(O)C[C@@H]2OCCC[C@@]2(COC)O[C@H]1C. The number of methoxy groups -OCH3 is 2. The Hall–Kier alpha value is -0.200. The Morgan fingerprint density at radius 3 is 2.67 bits per heavy atom. The lowest BCUT2D eigenvalue weighted by Crippen LogP contribution is -2.66. The quantitative estimate of drug-likeness (QED) is 0.808. The van der Waals surface area contributed by atoms with Gasteiger partial charge in [-0.05, 0) is 19.8 Å². The zero-order valence-corrected chi connectivity index (χ0v) is 11.5. The summed E-state index contributed by atoms with van der Waals surface area (Å²) in [4.78, 5) is 0. The third-order valence-electron chi connectivity index (χ3n) is 4.14. The van der Waals surface area contributed by atoms with Crippen molar-refractivity contribution < 1.29 is 24.1 Å². The van der Waals surface area contributed by atoms with Gasteiger partial charge in [-0.25, -0.2) is 0 Å². The van der Waals surface area contributed by atoms with Gasteiger partial charge in [0.2, 0.25) is 0 Å². The number of fused-ring (bicyclic) bond motifs is 1. The Morgan fingerprint density at radius 2 is 2.00 bits per heavy atom. The standard InChI is InChI=1S/C13H24O5/c1-10-12(14,8-15-2)7-11-13(18-10,9-16-3)5-4-6-17-11/h10-11,14H,4-9H2,1-3H3/t10-,11-,12-,13-/m0/s1. The van der Waals surface area contributed by atoms with Crippen LogP contribution in [0.3, 0.4) is 0 Å². The maximum absolute atomic E-state index is 10.6. The Balaban J connectivity index is 2.17. The van der Waals surface area contributed by atoms with Crippen LogP contribution in [0.1, 0.15) is 26.2 Å². The molecule has 0 saturated carbocycles. The van der Waals surface area contributed by atoms with Crippen LogP contribution in [0, 0.1) is 0 Å². The molecular weight excluding hydrogens is 236 g/mol. The largest absolute Gasteiger partial charge is 0.385 e. The first-order valence-electron chi connectivity index (χ1n) is 6.56. The molecule has 18 heavy (non-hydrogen) atoms. The maximum atomic E-state index is 10.6. The van der Waals surface area contributed by atoms with Gasteiger partial charge < -0.3 is 24.1 Å². The topological polar surface area (TPSA) is 57.2 Å². The van der Waals surface area contributed by atoms with Crippen molar-refractivity contribution in [2.24, 2.45) is 0 Å². The lowest BCUT2D eigenvalue weighted by atomic mass is 9.77. The minimum atomic E-state index is -0.978. The summed E-state index contributed by atoms with van der Waals surface area (Å²) in [5, 5.41) is 10.6. The molecule has 0 aromatic rings. The number of hydrogen-bond donors (Lipinski definition) is 1. The number of hydrogen-bond acceptors (Lipinski definition) is 5. The van der Waals surface area contributed by atoms with Gasteiger partial charge in [0.25, 0.3) is 0 Å². The van der Waals surface area contributed by atoms with Gasteiger partial charge >= 0.3 is 0 Å². The van der Waals surface area contributed by atoms with E-state index in [1.807, 2.05) is 6.92 Å². The van der Waals surface area contributed by atoms with E-state index in [1.54, 1.807) is 14.2 Å². The van der Waals surface area contributed by atoms with E-state index in [9.17, 15) is 5.11 Å². The Bertz CT molecular complexity index is 281. The van der Waals surface area contributed by atoms with Crippen LogP contribution in [0.4, 0.5) is 0 Å². The summed E-state index contributed by atoms with van der Waals surface area (Å²) in [6.45, 7) is 3.38. The number of aliphatic hydroxyl groups is 1. The molecule has 2 heterocycles. The zero-order chi connectivity index (χ0) is 13.2. The van der Waals surface area contributed by atoms with Crippen LogP contribution in [-0.2, 0) is 18.9 Å². The summed E-state index contributed by atoms with van der Waals surface area (Å²) < 4.78 is 22.3. The van der Waals surface area contributed by atoms with Crippen molar-refractivity contribution in [2.45, 2.75) is 49.6 Å². The van der Waals surface area contributed by atoms with Crippen molar-refractivity contribution in [3.8, 4) is 0 Å². The van der Waals surface area contributed by atoms with E-state index >= 15 is 0 Å². The first-order chi connectivity index (χ1) is 8.56. The van der Waals surface area contributed by atoms with Gasteiger partial charge in [0.1, 0.15) is 11.2 Å². The molecule has 5 heteroatoms. The molecule has 2 saturated heterocycles. The minimum absolute atomic E-state index is 0.123. The molecule has 0 aliphatic carbocycles. The van der Waals surface area contributed by atoms with Crippen molar-refractivity contribution in [1.82, 2.24) is 0 Å². The van der Waals surface area contributed by atoms with Crippen molar-refractivity contribution in [1.29, 1.82) is 0 Å². The highest BCUT2D eigenvalue weighted by Crippen LogP contribution is 2.42. The van der Waals surface area contributed by atoms with Crippen molar-refractivity contribution in [3.05, 3.63) is 0 Å². The fourth-order valence-corrected chi connectivity index (χ4v) is 3.11. The predicted molar refractivity (Wildman–Crippen MR) is 65.6 cm³/mol. The second-order valence-electron chi connectivity index (χ2n) is 5.46. The molecule has 4 atom stereocenters. The third-order valence-corrected chi connectivity index (χ3v) is 4.14. The van der Waals surface area contributed by atoms with Gasteiger partial charge in [0.05, 0.1) is 25.4 Å². The molecule has 1 N–H and O–H groups in total. The first-order valence-corrected chi connectivity index (χ1v) is 6.56. The molecule has 2 aliphatic rings. The zero-order valence-electron chi connectivity index (χ0n) is 11.5. The molecule has 2 rings (SSSR count). The fourth-order valence-electron chi connectivity index (χ4n) is 3.11. The number of rotatable bonds is 4. The highest BCUT2D eigenvalue weighted by Gasteiger charge is 2.55. The van der Waals surface area contributed by atoms with Crippen LogP contribution in [-0.4, -0.2) is 62.6 Å². The van der Waals surface area contributed by atoms with Gasteiger partial charge in [-0.2, -0.15) is 0 Å². The maximum Gasteiger partial charge on any atom is 0.118 e. The monoisotopic (exact) mass is 260 g/mol. The van der Waals surface area contributed by atoms with Crippen LogP contribution in [0.15, 0.2) is 0 Å². The van der Waals surface area contributed by atoms with Crippen LogP contribution < -0.4 is 0 Å². The second kappa shape index (κ2) is 5.43. The van der Waals surface area contributed by atoms with E-state index in [4.69, 9.17) is 18.9 Å². The van der Waals surface area contributed by atoms with Crippen LogP contribution in [0.5, 0.6) is 0 Å². The first kappa shape index (κ1) is 14.2. The average molecular weight is 260 g/mol. The number of ether oxygens (including phenoxy) is 4. The summed E-state index contributed by atoms with van der Waals surface area (Å²) in [5.74, 6) is 0. The average Bonchev–Trinajstić information content (AvgIpc) is 2.32. The van der Waals surface area contributed by atoms with E-state index in [0.29, 0.717) is 13.0 Å². The summed E-state index contributed by atoms with van der Waals surface area (Å²) in [6, 6.07) is 0. The predicted octanol–water partition coefficient (Wildman–Crippen LogP) is 0.737. The van der Waals surface area contributed by atoms with E-state index < -0.39 is 11.2 Å². The molecule has 0 amide bonds. The summed E-state index contributed by atoms with van der Waals surface area (Å²) >= 11 is 0. The van der Waals surface area contributed by atoms with E-state index in [0.717, 1.165) is 19.4 Å². The molecule has 0 aromatic heterocycles. The van der Waals surface area contributed by atoms with Crippen LogP contribution >= 0.6 is 0 Å². The summed E-state index contributed by atoms with van der Waals surface area (Å²) in [5.41, 5.74) is -1.39. The Labute approximate surface area is 108 Å². The highest BCUT2D eigenvalue weighted by molar-refractivity contribution is 5.04. The van der Waals surface area contributed by atoms with Crippen molar-refractivity contribution >= 4 is 0 Å². The molecule has 0 bridgehead atoms. The van der Waals surface area contributed by atoms with E-state index in [2.05, 4.69) is 0 Å². The van der Waals surface area contributed by atoms with Gasteiger partial charge in [-0.1, -0.05) is 0 Å². The van der Waals surface area contributed by atoms with Gasteiger partial charge in [-0.3, -0.25) is 0 Å². The molecule has 5 nitrogen and oxygen atoms in total. The van der Waals surface area contributed by atoms with Gasteiger partial charge in [0.15, 0.2) is 0 Å². The lowest BCUT2D eigenvalue weighted by Gasteiger charge is -2.53. The Kier molecular flexibility index (Phi) is 4.29. The van der Waals surface area contributed by atoms with Gasteiger partial charge in [-0.15, -0.1) is 0 Å². The molecule has 0 unspecified atom stereocenters. The lowest BCUT2D eigenvalue weighted by molar-refractivity contribution is -0.299. The van der Waals surface area contributed by atoms with Crippen LogP contribution in [0.25, 0.3) is 0 Å². The molecule has 0 radical (unpaired) electrons. The molecule has 2 aliphatic heterocycles. The molecule has 0 spiro atoms. The molecular formula is C13H24O5. The van der Waals surface area contributed by atoms with Crippen molar-refractivity contribution in [2.75, 3.05) is 34.0 Å². The molecule has 0 aromatic carbocycles. The summed E-state index contributed by atoms with van der Waals surface area (Å²) in [7, 11) is 3.26. The van der Waals surface area contributed by atoms with E-state index in [-0.39, 0.29) is 18.8 Å². The van der Waals surface area contributed by atoms with Crippen molar-refractivity contribution in [3.63, 3.8) is 0 Å². The highest BCUT2D eigenvalue weighted by atomic mass is 16.6. The minimum Gasteiger partial charge on any atom is -0.385 e.